The molecule has 2 aromatic heterocycles. The minimum Gasteiger partial charge on any atom is -0.464 e. The van der Waals surface area contributed by atoms with Gasteiger partial charge in [-0.3, -0.25) is 14.5 Å². The summed E-state index contributed by atoms with van der Waals surface area (Å²) >= 11 is 7.44. The van der Waals surface area contributed by atoms with Crippen molar-refractivity contribution in [3.63, 3.8) is 0 Å². The van der Waals surface area contributed by atoms with E-state index >= 15 is 0 Å². The van der Waals surface area contributed by atoms with Gasteiger partial charge in [0.25, 0.3) is 5.91 Å². The van der Waals surface area contributed by atoms with Gasteiger partial charge in [0, 0.05) is 28.0 Å². The maximum Gasteiger partial charge on any atom is 0.258 e. The Hall–Kier alpha value is -2.15. The van der Waals surface area contributed by atoms with Crippen LogP contribution < -0.4 is 11.2 Å². The SMILES string of the molecule is NC(=O)c1ccc(C2CCCN2Cc2coc3ccc(Cl)cc3c2=O)s1. The smallest absolute Gasteiger partial charge is 0.258 e. The van der Waals surface area contributed by atoms with Crippen LogP contribution in [0.3, 0.4) is 0 Å². The number of benzene rings is 1. The van der Waals surface area contributed by atoms with Gasteiger partial charge in [-0.05, 0) is 49.7 Å². The number of carbonyl (C=O) groups is 1. The van der Waals surface area contributed by atoms with Crippen LogP contribution in [0.1, 0.15) is 39.0 Å². The number of hydrogen-bond acceptors (Lipinski definition) is 5. The largest absolute Gasteiger partial charge is 0.464 e. The molecule has 3 heterocycles. The number of carbonyl (C=O) groups excluding carboxylic acids is 1. The molecule has 2 N–H and O–H groups in total. The average molecular weight is 389 g/mol. The van der Waals surface area contributed by atoms with E-state index in [2.05, 4.69) is 4.90 Å². The molecule has 1 saturated heterocycles. The highest BCUT2D eigenvalue weighted by atomic mass is 35.5. The predicted molar refractivity (Wildman–Crippen MR) is 103 cm³/mol. The molecule has 134 valence electrons. The van der Waals surface area contributed by atoms with Crippen molar-refractivity contribution in [2.75, 3.05) is 6.54 Å². The number of nitrogens with zero attached hydrogens (tertiary/aromatic N) is 1. The lowest BCUT2D eigenvalue weighted by Crippen LogP contribution is -2.25. The highest BCUT2D eigenvalue weighted by molar-refractivity contribution is 7.14. The maximum absolute atomic E-state index is 12.8. The van der Waals surface area contributed by atoms with E-state index in [0.29, 0.717) is 33.0 Å². The van der Waals surface area contributed by atoms with Crippen LogP contribution in [0.2, 0.25) is 5.02 Å². The number of thiophene rings is 1. The summed E-state index contributed by atoms with van der Waals surface area (Å²) in [4.78, 5) is 28.1. The molecule has 0 radical (unpaired) electrons. The quantitative estimate of drug-likeness (QED) is 0.734. The van der Waals surface area contributed by atoms with Crippen molar-refractivity contribution in [1.82, 2.24) is 4.90 Å². The number of likely N-dealkylation sites (tertiary alicyclic amines) is 1. The molecular formula is C19H17ClN2O3S. The van der Waals surface area contributed by atoms with Crippen molar-refractivity contribution >= 4 is 39.8 Å². The van der Waals surface area contributed by atoms with E-state index in [4.69, 9.17) is 21.8 Å². The Morgan fingerprint density at radius 3 is 2.96 bits per heavy atom. The first-order valence-electron chi connectivity index (χ1n) is 8.36. The lowest BCUT2D eigenvalue weighted by molar-refractivity contribution is 0.100. The van der Waals surface area contributed by atoms with Crippen LogP contribution >= 0.6 is 22.9 Å². The second-order valence-electron chi connectivity index (χ2n) is 6.43. The highest BCUT2D eigenvalue weighted by Gasteiger charge is 2.28. The molecule has 1 aliphatic rings. The third kappa shape index (κ3) is 3.16. The molecule has 0 bridgehead atoms. The van der Waals surface area contributed by atoms with Crippen LogP contribution in [0, 0.1) is 0 Å². The van der Waals surface area contributed by atoms with Crippen LogP contribution in [-0.4, -0.2) is 17.4 Å². The summed E-state index contributed by atoms with van der Waals surface area (Å²) in [5.74, 6) is -0.405. The first-order chi connectivity index (χ1) is 12.5. The summed E-state index contributed by atoms with van der Waals surface area (Å²) in [5, 5.41) is 1.01. The van der Waals surface area contributed by atoms with Gasteiger partial charge in [0.15, 0.2) is 5.43 Å². The van der Waals surface area contributed by atoms with Crippen LogP contribution in [0.4, 0.5) is 0 Å². The molecule has 7 heteroatoms. The number of primary amides is 1. The average Bonchev–Trinajstić information content (AvgIpc) is 3.27. The van der Waals surface area contributed by atoms with Gasteiger partial charge in [-0.15, -0.1) is 11.3 Å². The van der Waals surface area contributed by atoms with Crippen LogP contribution in [0.5, 0.6) is 0 Å². The topological polar surface area (TPSA) is 76.5 Å². The van der Waals surface area contributed by atoms with E-state index in [1.807, 2.05) is 6.07 Å². The number of rotatable bonds is 4. The monoisotopic (exact) mass is 388 g/mol. The van der Waals surface area contributed by atoms with Gasteiger partial charge in [0.1, 0.15) is 5.58 Å². The van der Waals surface area contributed by atoms with E-state index in [9.17, 15) is 9.59 Å². The van der Waals surface area contributed by atoms with Crippen LogP contribution in [-0.2, 0) is 6.54 Å². The fourth-order valence-corrected chi connectivity index (χ4v) is 4.68. The highest BCUT2D eigenvalue weighted by Crippen LogP contribution is 2.36. The van der Waals surface area contributed by atoms with Gasteiger partial charge in [-0.1, -0.05) is 11.6 Å². The fraction of sp³-hybridized carbons (Fsp3) is 0.263. The molecule has 4 rings (SSSR count). The Balaban J connectivity index is 1.63. The number of nitrogens with two attached hydrogens (primary N) is 1. The molecule has 1 atom stereocenters. The minimum absolute atomic E-state index is 0.0524. The fourth-order valence-electron chi connectivity index (χ4n) is 3.47. The predicted octanol–water partition coefficient (Wildman–Crippen LogP) is 3.94. The summed E-state index contributed by atoms with van der Waals surface area (Å²) in [6, 6.07) is 8.96. The van der Waals surface area contributed by atoms with Crippen molar-refractivity contribution in [2.24, 2.45) is 5.73 Å². The van der Waals surface area contributed by atoms with Crippen molar-refractivity contribution in [1.29, 1.82) is 0 Å². The lowest BCUT2D eigenvalue weighted by atomic mass is 10.1. The molecular weight excluding hydrogens is 372 g/mol. The van der Waals surface area contributed by atoms with E-state index in [1.165, 1.54) is 17.6 Å². The van der Waals surface area contributed by atoms with Crippen LogP contribution in [0.15, 0.2) is 45.8 Å². The molecule has 0 aliphatic carbocycles. The van der Waals surface area contributed by atoms with E-state index in [0.717, 1.165) is 24.3 Å². The van der Waals surface area contributed by atoms with Crippen molar-refractivity contribution in [3.05, 3.63) is 67.2 Å². The number of fused-ring (bicyclic) bond motifs is 1. The summed E-state index contributed by atoms with van der Waals surface area (Å²) < 4.78 is 5.62. The zero-order chi connectivity index (χ0) is 18.3. The Morgan fingerprint density at radius 1 is 1.35 bits per heavy atom. The van der Waals surface area contributed by atoms with Crippen molar-refractivity contribution in [2.45, 2.75) is 25.4 Å². The van der Waals surface area contributed by atoms with Crippen molar-refractivity contribution < 1.29 is 9.21 Å². The second kappa shape index (κ2) is 6.87. The summed E-state index contributed by atoms with van der Waals surface area (Å²) in [6.07, 6.45) is 3.57. The molecule has 3 aromatic rings. The van der Waals surface area contributed by atoms with E-state index < -0.39 is 5.91 Å². The molecule has 1 aromatic carbocycles. The molecule has 1 fully saturated rings. The summed E-state index contributed by atoms with van der Waals surface area (Å²) in [5.41, 5.74) is 6.45. The molecule has 26 heavy (non-hydrogen) atoms. The van der Waals surface area contributed by atoms with Gasteiger partial charge in [0.05, 0.1) is 16.5 Å². The Kier molecular flexibility index (Phi) is 4.56. The van der Waals surface area contributed by atoms with Gasteiger partial charge in [-0.2, -0.15) is 0 Å². The third-order valence-electron chi connectivity index (χ3n) is 4.74. The first-order valence-corrected chi connectivity index (χ1v) is 9.56. The number of amides is 1. The summed E-state index contributed by atoms with van der Waals surface area (Å²) in [7, 11) is 0. The third-order valence-corrected chi connectivity index (χ3v) is 6.18. The van der Waals surface area contributed by atoms with Crippen LogP contribution in [0.25, 0.3) is 11.0 Å². The minimum atomic E-state index is -0.405. The summed E-state index contributed by atoms with van der Waals surface area (Å²) in [6.45, 7) is 1.39. The number of halogens is 1. The second-order valence-corrected chi connectivity index (χ2v) is 7.98. The van der Waals surface area contributed by atoms with Gasteiger partial charge in [-0.25, -0.2) is 0 Å². The first kappa shape index (κ1) is 17.3. The Labute approximate surface area is 159 Å². The molecule has 1 amide bonds. The van der Waals surface area contributed by atoms with E-state index in [-0.39, 0.29) is 11.5 Å². The lowest BCUT2D eigenvalue weighted by Gasteiger charge is -2.23. The standard InChI is InChI=1S/C19H17ClN2O3S/c20-12-3-4-15-13(8-12)18(23)11(10-25-15)9-22-7-1-2-14(22)16-5-6-17(26-16)19(21)24/h3-6,8,10,14H,1-2,7,9H2,(H2,21,24). The molecule has 0 saturated carbocycles. The molecule has 1 aliphatic heterocycles. The van der Waals surface area contributed by atoms with Gasteiger partial charge < -0.3 is 10.2 Å². The molecule has 0 spiro atoms. The molecule has 1 unspecified atom stereocenters. The number of hydrogen-bond donors (Lipinski definition) is 1. The van der Waals surface area contributed by atoms with Crippen molar-refractivity contribution in [3.8, 4) is 0 Å². The van der Waals surface area contributed by atoms with E-state index in [1.54, 1.807) is 24.3 Å². The van der Waals surface area contributed by atoms with Gasteiger partial charge >= 0.3 is 0 Å². The Bertz CT molecular complexity index is 1040. The zero-order valence-electron chi connectivity index (χ0n) is 13.9. The zero-order valence-corrected chi connectivity index (χ0v) is 15.5. The normalized spacial score (nSPS) is 17.8. The Morgan fingerprint density at radius 2 is 2.19 bits per heavy atom. The molecule has 5 nitrogen and oxygen atoms in total. The maximum atomic E-state index is 12.8. The van der Waals surface area contributed by atoms with Gasteiger partial charge in [0.2, 0.25) is 0 Å².